The molecular formula is C13H20N4O. The van der Waals surface area contributed by atoms with Crippen molar-refractivity contribution in [2.75, 3.05) is 13.2 Å². The number of hydrogen-bond donors (Lipinski definition) is 1. The molecule has 1 N–H and O–H groups in total. The lowest BCUT2D eigenvalue weighted by atomic mass is 10.1. The van der Waals surface area contributed by atoms with Crippen LogP contribution < -0.4 is 5.32 Å². The molecule has 2 fully saturated rings. The number of nitrogens with zero attached hydrogens (tertiary/aromatic N) is 3. The summed E-state index contributed by atoms with van der Waals surface area (Å²) in [6.07, 6.45) is 6.37. The Bertz CT molecular complexity index is 434. The summed E-state index contributed by atoms with van der Waals surface area (Å²) in [4.78, 5) is 0. The molecule has 18 heavy (non-hydrogen) atoms. The van der Waals surface area contributed by atoms with Crippen LogP contribution in [0.5, 0.6) is 0 Å². The zero-order chi connectivity index (χ0) is 11.9. The molecule has 5 nitrogen and oxygen atoms in total. The standard InChI is InChI=1S/C13H20N4O/c1-2-8-18-10(3-1)12-15-16-13-11(9-4-5-9)14-6-7-17(12)13/h9-11,14H,1-8H2. The quantitative estimate of drug-likeness (QED) is 0.863. The molecule has 1 aromatic heterocycles. The topological polar surface area (TPSA) is 52.0 Å². The molecule has 2 atom stereocenters. The number of nitrogens with one attached hydrogen (secondary N) is 1. The summed E-state index contributed by atoms with van der Waals surface area (Å²) in [6, 6.07) is 0.434. The maximum Gasteiger partial charge on any atom is 0.162 e. The number of rotatable bonds is 2. The van der Waals surface area contributed by atoms with Crippen LogP contribution in [-0.2, 0) is 11.3 Å². The molecule has 1 saturated heterocycles. The lowest BCUT2D eigenvalue weighted by molar-refractivity contribution is 0.00669. The van der Waals surface area contributed by atoms with Gasteiger partial charge in [-0.25, -0.2) is 0 Å². The van der Waals surface area contributed by atoms with Crippen LogP contribution in [0.3, 0.4) is 0 Å². The predicted molar refractivity (Wildman–Crippen MR) is 66.0 cm³/mol. The van der Waals surface area contributed by atoms with E-state index in [1.165, 1.54) is 25.7 Å². The Kier molecular flexibility index (Phi) is 2.62. The minimum atomic E-state index is 0.179. The van der Waals surface area contributed by atoms with Crippen molar-refractivity contribution in [3.8, 4) is 0 Å². The molecular weight excluding hydrogens is 228 g/mol. The molecule has 0 bridgehead atoms. The van der Waals surface area contributed by atoms with Crippen molar-refractivity contribution in [1.82, 2.24) is 20.1 Å². The van der Waals surface area contributed by atoms with Crippen molar-refractivity contribution in [3.05, 3.63) is 11.6 Å². The van der Waals surface area contributed by atoms with Gasteiger partial charge in [0.25, 0.3) is 0 Å². The SMILES string of the molecule is C1CCC(c2nnc3n2CCNC3C2CC2)OC1. The Labute approximate surface area is 107 Å². The third-order valence-electron chi connectivity index (χ3n) is 4.35. The zero-order valence-corrected chi connectivity index (χ0v) is 10.6. The Morgan fingerprint density at radius 3 is 2.78 bits per heavy atom. The molecule has 1 saturated carbocycles. The highest BCUT2D eigenvalue weighted by Gasteiger charge is 2.38. The van der Waals surface area contributed by atoms with Crippen LogP contribution in [0, 0.1) is 5.92 Å². The first kappa shape index (κ1) is 10.9. The predicted octanol–water partition coefficient (Wildman–Crippen LogP) is 1.57. The van der Waals surface area contributed by atoms with E-state index in [9.17, 15) is 0 Å². The minimum absolute atomic E-state index is 0.179. The molecule has 2 aliphatic heterocycles. The monoisotopic (exact) mass is 248 g/mol. The average molecular weight is 248 g/mol. The summed E-state index contributed by atoms with van der Waals surface area (Å²) >= 11 is 0. The van der Waals surface area contributed by atoms with Crippen molar-refractivity contribution < 1.29 is 4.74 Å². The molecule has 1 aliphatic carbocycles. The fourth-order valence-electron chi connectivity index (χ4n) is 3.20. The Hall–Kier alpha value is -0.940. The first-order chi connectivity index (χ1) is 8.93. The highest BCUT2D eigenvalue weighted by Crippen LogP contribution is 2.42. The van der Waals surface area contributed by atoms with Crippen molar-refractivity contribution in [2.24, 2.45) is 5.92 Å². The summed E-state index contributed by atoms with van der Waals surface area (Å²) in [5.41, 5.74) is 0. The van der Waals surface area contributed by atoms with Gasteiger partial charge in [-0.2, -0.15) is 0 Å². The molecule has 0 radical (unpaired) electrons. The highest BCUT2D eigenvalue weighted by atomic mass is 16.5. The second-order valence-corrected chi connectivity index (χ2v) is 5.69. The molecule has 5 heteroatoms. The summed E-state index contributed by atoms with van der Waals surface area (Å²) in [5, 5.41) is 12.5. The van der Waals surface area contributed by atoms with Gasteiger partial charge in [0.05, 0.1) is 6.04 Å². The first-order valence-electron chi connectivity index (χ1n) is 7.21. The van der Waals surface area contributed by atoms with E-state index in [1.807, 2.05) is 0 Å². The van der Waals surface area contributed by atoms with Gasteiger partial charge in [-0.1, -0.05) is 0 Å². The second-order valence-electron chi connectivity index (χ2n) is 5.69. The summed E-state index contributed by atoms with van der Waals surface area (Å²) < 4.78 is 8.17. The van der Waals surface area contributed by atoms with Crippen LogP contribution in [0.1, 0.15) is 55.9 Å². The molecule has 0 amide bonds. The Morgan fingerprint density at radius 2 is 2.00 bits per heavy atom. The van der Waals surface area contributed by atoms with Crippen molar-refractivity contribution in [3.63, 3.8) is 0 Å². The smallest absolute Gasteiger partial charge is 0.162 e. The van der Waals surface area contributed by atoms with Crippen LogP contribution in [0.15, 0.2) is 0 Å². The second kappa shape index (κ2) is 4.31. The maximum absolute atomic E-state index is 5.86. The van der Waals surface area contributed by atoms with E-state index in [2.05, 4.69) is 20.1 Å². The Morgan fingerprint density at radius 1 is 1.11 bits per heavy atom. The van der Waals surface area contributed by atoms with Gasteiger partial charge in [0.15, 0.2) is 11.6 Å². The molecule has 2 unspecified atom stereocenters. The van der Waals surface area contributed by atoms with E-state index in [0.29, 0.717) is 6.04 Å². The van der Waals surface area contributed by atoms with Gasteiger partial charge in [-0.05, 0) is 38.0 Å². The fourth-order valence-corrected chi connectivity index (χ4v) is 3.20. The molecule has 0 spiro atoms. The van der Waals surface area contributed by atoms with E-state index in [4.69, 9.17) is 4.74 Å². The Balaban J connectivity index is 1.64. The van der Waals surface area contributed by atoms with Gasteiger partial charge in [-0.3, -0.25) is 0 Å². The van der Waals surface area contributed by atoms with E-state index in [1.54, 1.807) is 0 Å². The third kappa shape index (κ3) is 1.77. The molecule has 98 valence electrons. The first-order valence-corrected chi connectivity index (χ1v) is 7.21. The summed E-state index contributed by atoms with van der Waals surface area (Å²) in [6.45, 7) is 2.89. The average Bonchev–Trinajstić information content (AvgIpc) is 3.18. The van der Waals surface area contributed by atoms with Gasteiger partial charge in [0, 0.05) is 19.7 Å². The van der Waals surface area contributed by atoms with Crippen LogP contribution >= 0.6 is 0 Å². The third-order valence-corrected chi connectivity index (χ3v) is 4.35. The number of ether oxygens (including phenoxy) is 1. The van der Waals surface area contributed by atoms with Crippen LogP contribution in [-0.4, -0.2) is 27.9 Å². The molecule has 1 aromatic rings. The van der Waals surface area contributed by atoms with E-state index >= 15 is 0 Å². The van der Waals surface area contributed by atoms with Gasteiger partial charge < -0.3 is 14.6 Å². The lowest BCUT2D eigenvalue weighted by Crippen LogP contribution is -2.36. The summed E-state index contributed by atoms with van der Waals surface area (Å²) in [5.74, 6) is 3.00. The minimum Gasteiger partial charge on any atom is -0.370 e. The number of aromatic nitrogens is 3. The normalized spacial score (nSPS) is 32.2. The number of hydrogen-bond acceptors (Lipinski definition) is 4. The maximum atomic E-state index is 5.86. The zero-order valence-electron chi connectivity index (χ0n) is 10.6. The summed E-state index contributed by atoms with van der Waals surface area (Å²) in [7, 11) is 0. The highest BCUT2D eigenvalue weighted by molar-refractivity contribution is 5.10. The van der Waals surface area contributed by atoms with Crippen molar-refractivity contribution in [1.29, 1.82) is 0 Å². The van der Waals surface area contributed by atoms with Gasteiger partial charge in [0.2, 0.25) is 0 Å². The van der Waals surface area contributed by atoms with Crippen molar-refractivity contribution >= 4 is 0 Å². The molecule has 0 aromatic carbocycles. The van der Waals surface area contributed by atoms with E-state index < -0.39 is 0 Å². The number of fused-ring (bicyclic) bond motifs is 1. The largest absolute Gasteiger partial charge is 0.370 e. The van der Waals surface area contributed by atoms with Gasteiger partial charge >= 0.3 is 0 Å². The molecule has 3 heterocycles. The van der Waals surface area contributed by atoms with Gasteiger partial charge in [-0.15, -0.1) is 10.2 Å². The fraction of sp³-hybridized carbons (Fsp3) is 0.846. The van der Waals surface area contributed by atoms with Crippen molar-refractivity contribution in [2.45, 2.75) is 50.8 Å². The molecule has 4 rings (SSSR count). The van der Waals surface area contributed by atoms with Crippen LogP contribution in [0.25, 0.3) is 0 Å². The molecule has 3 aliphatic rings. The van der Waals surface area contributed by atoms with E-state index in [-0.39, 0.29) is 6.10 Å². The lowest BCUT2D eigenvalue weighted by Gasteiger charge is -2.27. The van der Waals surface area contributed by atoms with E-state index in [0.717, 1.165) is 43.7 Å². The van der Waals surface area contributed by atoms with Gasteiger partial charge in [0.1, 0.15) is 6.10 Å². The van der Waals surface area contributed by atoms with Crippen LogP contribution in [0.2, 0.25) is 0 Å². The van der Waals surface area contributed by atoms with Crippen LogP contribution in [0.4, 0.5) is 0 Å².